The van der Waals surface area contributed by atoms with Gasteiger partial charge < -0.3 is 9.67 Å². The van der Waals surface area contributed by atoms with E-state index < -0.39 is 5.97 Å². The van der Waals surface area contributed by atoms with Crippen LogP contribution in [0.5, 0.6) is 0 Å². The number of rotatable bonds is 4. The van der Waals surface area contributed by atoms with Gasteiger partial charge in [0.1, 0.15) is 0 Å². The number of carboxylic acids is 1. The number of aromatic carboxylic acids is 1. The van der Waals surface area contributed by atoms with E-state index in [9.17, 15) is 4.79 Å². The third-order valence-electron chi connectivity index (χ3n) is 3.07. The molecule has 2 aromatic rings. The molecule has 2 rings (SSSR count). The highest BCUT2D eigenvalue weighted by Crippen LogP contribution is 2.17. The van der Waals surface area contributed by atoms with Crippen LogP contribution in [-0.2, 0) is 6.54 Å². The summed E-state index contributed by atoms with van der Waals surface area (Å²) >= 11 is 0. The first kappa shape index (κ1) is 11.6. The maximum atomic E-state index is 10.8. The maximum absolute atomic E-state index is 10.8. The maximum Gasteiger partial charge on any atom is 0.335 e. The Hall–Kier alpha value is -1.84. The second kappa shape index (κ2) is 4.57. The van der Waals surface area contributed by atoms with Gasteiger partial charge in [-0.25, -0.2) is 9.78 Å². The smallest absolute Gasteiger partial charge is 0.335 e. The van der Waals surface area contributed by atoms with Gasteiger partial charge in [0.2, 0.25) is 0 Å². The summed E-state index contributed by atoms with van der Waals surface area (Å²) in [4.78, 5) is 15.1. The van der Waals surface area contributed by atoms with Crippen LogP contribution in [0.15, 0.2) is 24.5 Å². The van der Waals surface area contributed by atoms with Gasteiger partial charge >= 0.3 is 5.97 Å². The minimum Gasteiger partial charge on any atom is -0.478 e. The average Bonchev–Trinajstić information content (AvgIpc) is 2.71. The van der Waals surface area contributed by atoms with Crippen LogP contribution in [0.3, 0.4) is 0 Å². The molecule has 0 spiro atoms. The monoisotopic (exact) mass is 232 g/mol. The van der Waals surface area contributed by atoms with Crippen LogP contribution < -0.4 is 0 Å². The number of carboxylic acid groups (broad SMARTS) is 1. The molecule has 1 unspecified atom stereocenters. The van der Waals surface area contributed by atoms with E-state index in [1.54, 1.807) is 18.5 Å². The van der Waals surface area contributed by atoms with Gasteiger partial charge in [0.15, 0.2) is 0 Å². The van der Waals surface area contributed by atoms with E-state index in [2.05, 4.69) is 23.4 Å². The van der Waals surface area contributed by atoms with E-state index in [1.807, 2.05) is 6.07 Å². The van der Waals surface area contributed by atoms with Crippen LogP contribution in [0.1, 0.15) is 30.6 Å². The second-order valence-corrected chi connectivity index (χ2v) is 4.42. The van der Waals surface area contributed by atoms with Gasteiger partial charge in [0, 0.05) is 6.54 Å². The zero-order valence-corrected chi connectivity index (χ0v) is 10.1. The lowest BCUT2D eigenvalue weighted by atomic mass is 10.1. The van der Waals surface area contributed by atoms with E-state index in [1.165, 1.54) is 0 Å². The Morgan fingerprint density at radius 3 is 2.94 bits per heavy atom. The van der Waals surface area contributed by atoms with Crippen LogP contribution in [0.4, 0.5) is 0 Å². The molecule has 1 N–H and O–H groups in total. The van der Waals surface area contributed by atoms with Gasteiger partial charge in [-0.3, -0.25) is 0 Å². The summed E-state index contributed by atoms with van der Waals surface area (Å²) in [6, 6.07) is 5.07. The molecule has 0 bridgehead atoms. The molecule has 1 heterocycles. The number of carbonyl (C=O) groups is 1. The highest BCUT2D eigenvalue weighted by atomic mass is 16.4. The third-order valence-corrected chi connectivity index (χ3v) is 3.07. The Balaban J connectivity index is 2.38. The predicted molar refractivity (Wildman–Crippen MR) is 66.1 cm³/mol. The Bertz CT molecular complexity index is 545. The highest BCUT2D eigenvalue weighted by molar-refractivity contribution is 5.92. The van der Waals surface area contributed by atoms with E-state index in [-0.39, 0.29) is 5.56 Å². The van der Waals surface area contributed by atoms with Crippen molar-refractivity contribution in [1.82, 2.24) is 9.55 Å². The number of imidazole rings is 1. The van der Waals surface area contributed by atoms with Gasteiger partial charge in [-0.05, 0) is 24.1 Å². The van der Waals surface area contributed by atoms with Gasteiger partial charge in [0.25, 0.3) is 0 Å². The second-order valence-electron chi connectivity index (χ2n) is 4.42. The molecule has 0 aliphatic heterocycles. The molecule has 1 atom stereocenters. The molecule has 0 saturated heterocycles. The molecule has 0 fully saturated rings. The molecule has 90 valence electrons. The summed E-state index contributed by atoms with van der Waals surface area (Å²) in [5, 5.41) is 8.90. The fourth-order valence-electron chi connectivity index (χ4n) is 1.81. The predicted octanol–water partition coefficient (Wildman–Crippen LogP) is 2.78. The largest absolute Gasteiger partial charge is 0.478 e. The summed E-state index contributed by atoms with van der Waals surface area (Å²) in [6.07, 6.45) is 2.90. The zero-order chi connectivity index (χ0) is 12.4. The van der Waals surface area contributed by atoms with Crippen molar-refractivity contribution in [3.8, 4) is 0 Å². The summed E-state index contributed by atoms with van der Waals surface area (Å²) in [6.45, 7) is 5.27. The molecule has 0 aliphatic rings. The molecule has 1 aromatic heterocycles. The molecule has 0 amide bonds. The number of aromatic nitrogens is 2. The number of nitrogens with zero attached hydrogens (tertiary/aromatic N) is 2. The van der Waals surface area contributed by atoms with Crippen molar-refractivity contribution in [1.29, 1.82) is 0 Å². The molecular formula is C13H16N2O2. The van der Waals surface area contributed by atoms with Crippen molar-refractivity contribution in [2.75, 3.05) is 0 Å². The Labute approximate surface area is 99.9 Å². The van der Waals surface area contributed by atoms with Crippen molar-refractivity contribution in [2.45, 2.75) is 26.8 Å². The lowest BCUT2D eigenvalue weighted by Gasteiger charge is -2.10. The number of hydrogen-bond donors (Lipinski definition) is 1. The van der Waals surface area contributed by atoms with Crippen LogP contribution in [-0.4, -0.2) is 20.6 Å². The average molecular weight is 232 g/mol. The first-order chi connectivity index (χ1) is 8.11. The minimum absolute atomic E-state index is 0.284. The molecule has 4 heteroatoms. The fraction of sp³-hybridized carbons (Fsp3) is 0.385. The summed E-state index contributed by atoms with van der Waals surface area (Å²) in [5.41, 5.74) is 2.02. The molecule has 17 heavy (non-hydrogen) atoms. The third kappa shape index (κ3) is 2.30. The first-order valence-electron chi connectivity index (χ1n) is 5.80. The Morgan fingerprint density at radius 2 is 2.29 bits per heavy atom. The van der Waals surface area contributed by atoms with E-state index in [0.29, 0.717) is 5.92 Å². The van der Waals surface area contributed by atoms with Gasteiger partial charge in [-0.1, -0.05) is 20.3 Å². The number of hydrogen-bond acceptors (Lipinski definition) is 2. The standard InChI is InChI=1S/C13H16N2O2/c1-3-9(2)7-15-8-14-11-6-10(13(16)17)4-5-12(11)15/h4-6,8-9H,3,7H2,1-2H3,(H,16,17). The van der Waals surface area contributed by atoms with Crippen LogP contribution >= 0.6 is 0 Å². The van der Waals surface area contributed by atoms with Crippen molar-refractivity contribution in [3.05, 3.63) is 30.1 Å². The first-order valence-corrected chi connectivity index (χ1v) is 5.80. The van der Waals surface area contributed by atoms with Crippen LogP contribution in [0, 0.1) is 5.92 Å². The van der Waals surface area contributed by atoms with E-state index >= 15 is 0 Å². The van der Waals surface area contributed by atoms with E-state index in [4.69, 9.17) is 5.11 Å². The summed E-state index contributed by atoms with van der Waals surface area (Å²) in [5.74, 6) is -0.324. The zero-order valence-electron chi connectivity index (χ0n) is 10.1. The molecule has 0 aliphatic carbocycles. The Morgan fingerprint density at radius 1 is 1.53 bits per heavy atom. The minimum atomic E-state index is -0.914. The van der Waals surface area contributed by atoms with E-state index in [0.717, 1.165) is 24.0 Å². The van der Waals surface area contributed by atoms with Gasteiger partial charge in [0.05, 0.1) is 22.9 Å². The highest BCUT2D eigenvalue weighted by Gasteiger charge is 2.09. The summed E-state index contributed by atoms with van der Waals surface area (Å²) < 4.78 is 2.08. The lowest BCUT2D eigenvalue weighted by molar-refractivity contribution is 0.0697. The molecule has 0 saturated carbocycles. The Kier molecular flexibility index (Phi) is 3.13. The van der Waals surface area contributed by atoms with Crippen molar-refractivity contribution < 1.29 is 9.90 Å². The fourth-order valence-corrected chi connectivity index (χ4v) is 1.81. The van der Waals surface area contributed by atoms with Gasteiger partial charge in [-0.15, -0.1) is 0 Å². The van der Waals surface area contributed by atoms with Crippen LogP contribution in [0.2, 0.25) is 0 Å². The number of benzene rings is 1. The lowest BCUT2D eigenvalue weighted by Crippen LogP contribution is -2.05. The van der Waals surface area contributed by atoms with Crippen molar-refractivity contribution >= 4 is 17.0 Å². The number of fused-ring (bicyclic) bond motifs is 1. The normalized spacial score (nSPS) is 12.8. The summed E-state index contributed by atoms with van der Waals surface area (Å²) in [7, 11) is 0. The quantitative estimate of drug-likeness (QED) is 0.881. The molecule has 0 radical (unpaired) electrons. The van der Waals surface area contributed by atoms with Gasteiger partial charge in [-0.2, -0.15) is 0 Å². The molecule has 4 nitrogen and oxygen atoms in total. The van der Waals surface area contributed by atoms with Crippen molar-refractivity contribution in [2.24, 2.45) is 5.92 Å². The SMILES string of the molecule is CCC(C)Cn1cnc2cc(C(=O)O)ccc21. The van der Waals surface area contributed by atoms with Crippen LogP contribution in [0.25, 0.3) is 11.0 Å². The van der Waals surface area contributed by atoms with Crippen molar-refractivity contribution in [3.63, 3.8) is 0 Å². The molecule has 1 aromatic carbocycles. The topological polar surface area (TPSA) is 55.1 Å². The molecular weight excluding hydrogens is 216 g/mol.